The Morgan fingerprint density at radius 1 is 1.20 bits per heavy atom. The van der Waals surface area contributed by atoms with Crippen LogP contribution in [0.2, 0.25) is 0 Å². The van der Waals surface area contributed by atoms with Gasteiger partial charge < -0.3 is 26.0 Å². The number of phenolic OH excluding ortho intramolecular Hbond substituents is 1. The number of unbranched alkanes of at least 4 members (excludes halogenated alkanes) is 1. The fourth-order valence-corrected chi connectivity index (χ4v) is 3.42. The highest BCUT2D eigenvalue weighted by Crippen LogP contribution is 2.11. The molecule has 0 spiro atoms. The number of hydrogen-bond acceptors (Lipinski definition) is 4. The highest BCUT2D eigenvalue weighted by atomic mass is 127. The summed E-state index contributed by atoms with van der Waals surface area (Å²) in [5.41, 5.74) is 0.466. The van der Waals surface area contributed by atoms with Crippen molar-refractivity contribution in [3.8, 4) is 5.75 Å². The third-order valence-electron chi connectivity index (χ3n) is 5.10. The molecule has 0 radical (unpaired) electrons. The van der Waals surface area contributed by atoms with Crippen LogP contribution < -0.4 is 16.0 Å². The quantitative estimate of drug-likeness (QED) is 0.161. The smallest absolute Gasteiger partial charge is 0.251 e. The average Bonchev–Trinajstić information content (AvgIpc) is 2.73. The van der Waals surface area contributed by atoms with Crippen molar-refractivity contribution in [3.05, 3.63) is 29.8 Å². The van der Waals surface area contributed by atoms with Gasteiger partial charge in [-0.2, -0.15) is 0 Å². The number of aliphatic imine (C=N–C) groups is 1. The fourth-order valence-electron chi connectivity index (χ4n) is 3.42. The third kappa shape index (κ3) is 9.97. The minimum atomic E-state index is -0.176. The van der Waals surface area contributed by atoms with E-state index in [1.54, 1.807) is 18.2 Å². The zero-order valence-electron chi connectivity index (χ0n) is 18.3. The summed E-state index contributed by atoms with van der Waals surface area (Å²) in [5, 5.41) is 19.2. The second kappa shape index (κ2) is 15.3. The lowest BCUT2D eigenvalue weighted by molar-refractivity contribution is 0.0953. The summed E-state index contributed by atoms with van der Waals surface area (Å²) in [6.45, 7) is 9.85. The molecule has 4 N–H and O–H groups in total. The van der Waals surface area contributed by atoms with Crippen LogP contribution in [-0.2, 0) is 0 Å². The summed E-state index contributed by atoms with van der Waals surface area (Å²) >= 11 is 0. The van der Waals surface area contributed by atoms with Gasteiger partial charge in [0.05, 0.1) is 0 Å². The molecule has 0 aromatic heterocycles. The zero-order chi connectivity index (χ0) is 20.9. The molecule has 1 aromatic carbocycles. The lowest BCUT2D eigenvalue weighted by atomic mass is 10.0. The van der Waals surface area contributed by atoms with E-state index in [0.717, 1.165) is 44.9 Å². The van der Waals surface area contributed by atoms with Crippen molar-refractivity contribution in [1.29, 1.82) is 0 Å². The Balaban J connectivity index is 0.00000450. The van der Waals surface area contributed by atoms with Crippen LogP contribution in [0.3, 0.4) is 0 Å². The first-order valence-corrected chi connectivity index (χ1v) is 11.0. The van der Waals surface area contributed by atoms with Crippen LogP contribution >= 0.6 is 24.0 Å². The van der Waals surface area contributed by atoms with Crippen LogP contribution in [0.1, 0.15) is 56.3 Å². The van der Waals surface area contributed by atoms with E-state index in [2.05, 4.69) is 39.7 Å². The van der Waals surface area contributed by atoms with Crippen molar-refractivity contribution < 1.29 is 9.90 Å². The Bertz CT molecular complexity index is 648. The monoisotopic (exact) mass is 531 g/mol. The number of carbonyl (C=O) groups is 1. The molecule has 0 bridgehead atoms. The second-order valence-electron chi connectivity index (χ2n) is 7.53. The minimum Gasteiger partial charge on any atom is -0.508 e. The van der Waals surface area contributed by atoms with Crippen LogP contribution in [0.4, 0.5) is 0 Å². The molecule has 1 fully saturated rings. The van der Waals surface area contributed by atoms with E-state index in [0.29, 0.717) is 24.7 Å². The van der Waals surface area contributed by atoms with Crippen molar-refractivity contribution >= 4 is 35.8 Å². The first kappa shape index (κ1) is 26.5. The highest BCUT2D eigenvalue weighted by molar-refractivity contribution is 14.0. The van der Waals surface area contributed by atoms with Crippen molar-refractivity contribution in [2.24, 2.45) is 4.99 Å². The van der Waals surface area contributed by atoms with Gasteiger partial charge in [0.25, 0.3) is 5.91 Å². The lowest BCUT2D eigenvalue weighted by Crippen LogP contribution is -2.48. The summed E-state index contributed by atoms with van der Waals surface area (Å²) < 4.78 is 0. The molecule has 0 saturated carbocycles. The summed E-state index contributed by atoms with van der Waals surface area (Å²) in [4.78, 5) is 19.3. The molecular formula is C22H38IN5O2. The molecule has 0 aliphatic carbocycles. The number of carbonyl (C=O) groups excluding carboxylic acids is 1. The number of nitrogens with zero attached hydrogens (tertiary/aromatic N) is 2. The first-order chi connectivity index (χ1) is 14.1. The number of rotatable bonds is 10. The fraction of sp³-hybridized carbons (Fsp3) is 0.636. The molecule has 0 unspecified atom stereocenters. The number of aromatic hydroxyl groups is 1. The van der Waals surface area contributed by atoms with Gasteiger partial charge in [-0.05, 0) is 57.4 Å². The van der Waals surface area contributed by atoms with Crippen LogP contribution in [0.25, 0.3) is 0 Å². The number of hydrogen-bond donors (Lipinski definition) is 4. The molecule has 2 rings (SSSR count). The van der Waals surface area contributed by atoms with E-state index in [4.69, 9.17) is 0 Å². The van der Waals surface area contributed by atoms with Crippen LogP contribution in [-0.4, -0.2) is 67.2 Å². The highest BCUT2D eigenvalue weighted by Gasteiger charge is 2.19. The van der Waals surface area contributed by atoms with E-state index in [-0.39, 0.29) is 35.6 Å². The maximum atomic E-state index is 12.1. The molecule has 1 heterocycles. The van der Waals surface area contributed by atoms with Gasteiger partial charge in [-0.15, -0.1) is 24.0 Å². The predicted octanol–water partition coefficient (Wildman–Crippen LogP) is 2.95. The van der Waals surface area contributed by atoms with E-state index >= 15 is 0 Å². The Morgan fingerprint density at radius 2 is 1.97 bits per heavy atom. The number of benzene rings is 1. The number of halogens is 1. The molecule has 1 aromatic rings. The number of amides is 1. The van der Waals surface area contributed by atoms with Gasteiger partial charge in [-0.1, -0.05) is 19.4 Å². The van der Waals surface area contributed by atoms with Gasteiger partial charge in [0.15, 0.2) is 5.96 Å². The largest absolute Gasteiger partial charge is 0.508 e. The van der Waals surface area contributed by atoms with Crippen LogP contribution in [0.15, 0.2) is 29.3 Å². The Hall–Kier alpha value is -1.55. The van der Waals surface area contributed by atoms with Crippen LogP contribution in [0.5, 0.6) is 5.75 Å². The van der Waals surface area contributed by atoms with E-state index in [1.807, 2.05) is 0 Å². The van der Waals surface area contributed by atoms with Gasteiger partial charge in [-0.3, -0.25) is 9.79 Å². The third-order valence-corrected chi connectivity index (χ3v) is 5.10. The minimum absolute atomic E-state index is 0. The Kier molecular flexibility index (Phi) is 13.5. The van der Waals surface area contributed by atoms with E-state index in [9.17, 15) is 9.90 Å². The van der Waals surface area contributed by atoms with Crippen molar-refractivity contribution in [3.63, 3.8) is 0 Å². The number of phenols is 1. The maximum absolute atomic E-state index is 12.1. The molecule has 1 aliphatic heterocycles. The molecule has 0 atom stereocenters. The summed E-state index contributed by atoms with van der Waals surface area (Å²) in [5.74, 6) is 0.781. The van der Waals surface area contributed by atoms with Crippen molar-refractivity contribution in [2.45, 2.75) is 52.0 Å². The summed E-state index contributed by atoms with van der Waals surface area (Å²) in [6, 6.07) is 6.84. The Morgan fingerprint density at radius 3 is 2.63 bits per heavy atom. The molecule has 1 saturated heterocycles. The lowest BCUT2D eigenvalue weighted by Gasteiger charge is -2.33. The number of piperidine rings is 1. The van der Waals surface area contributed by atoms with E-state index < -0.39 is 0 Å². The summed E-state index contributed by atoms with van der Waals surface area (Å²) in [6.07, 6.45) is 5.59. The molecule has 1 aliphatic rings. The van der Waals surface area contributed by atoms with Gasteiger partial charge in [0.2, 0.25) is 0 Å². The van der Waals surface area contributed by atoms with Crippen molar-refractivity contribution in [2.75, 3.05) is 39.3 Å². The maximum Gasteiger partial charge on any atom is 0.251 e. The van der Waals surface area contributed by atoms with E-state index in [1.165, 1.54) is 25.5 Å². The van der Waals surface area contributed by atoms with Crippen molar-refractivity contribution in [1.82, 2.24) is 20.9 Å². The predicted molar refractivity (Wildman–Crippen MR) is 134 cm³/mol. The number of nitrogens with one attached hydrogen (secondary N) is 3. The first-order valence-electron chi connectivity index (χ1n) is 11.0. The number of likely N-dealkylation sites (tertiary alicyclic amines) is 1. The normalized spacial score (nSPS) is 15.3. The topological polar surface area (TPSA) is 89.0 Å². The van der Waals surface area contributed by atoms with Gasteiger partial charge >= 0.3 is 0 Å². The summed E-state index contributed by atoms with van der Waals surface area (Å²) in [7, 11) is 0. The molecular weight excluding hydrogens is 493 g/mol. The SMILES string of the molecule is CCCCN1CCC(NC(=NCCCNC(=O)c2cccc(O)c2)NCC)CC1.I. The molecule has 8 heteroatoms. The standard InChI is InChI=1S/C22H37N5O2.HI/c1-3-5-14-27-15-10-19(11-16-27)26-22(23-4-2)25-13-7-12-24-21(29)18-8-6-9-20(28)17-18;/h6,8-9,17,19,28H,3-5,7,10-16H2,1-2H3,(H,24,29)(H2,23,25,26);1H. The molecule has 7 nitrogen and oxygen atoms in total. The molecule has 170 valence electrons. The average molecular weight is 531 g/mol. The van der Waals surface area contributed by atoms with Gasteiger partial charge in [-0.25, -0.2) is 0 Å². The van der Waals surface area contributed by atoms with Gasteiger partial charge in [0, 0.05) is 44.3 Å². The number of guanidine groups is 1. The molecule has 1 amide bonds. The Labute approximate surface area is 198 Å². The second-order valence-corrected chi connectivity index (χ2v) is 7.53. The van der Waals surface area contributed by atoms with Crippen LogP contribution in [0, 0.1) is 0 Å². The zero-order valence-corrected chi connectivity index (χ0v) is 20.7. The van der Waals surface area contributed by atoms with Gasteiger partial charge in [0.1, 0.15) is 5.75 Å². The molecule has 30 heavy (non-hydrogen) atoms.